The summed E-state index contributed by atoms with van der Waals surface area (Å²) in [5.74, 6) is 0.267. The molecule has 0 saturated carbocycles. The number of hydrogen-bond acceptors (Lipinski definition) is 9. The first kappa shape index (κ1) is 28.2. The Morgan fingerprint density at radius 1 is 0.872 bits per heavy atom. The van der Waals surface area contributed by atoms with E-state index >= 15 is 0 Å². The van der Waals surface area contributed by atoms with Gasteiger partial charge in [-0.3, -0.25) is 14.6 Å². The van der Waals surface area contributed by atoms with Crippen molar-refractivity contribution in [1.82, 2.24) is 0 Å². The Bertz CT molecular complexity index is 1300. The van der Waals surface area contributed by atoms with Gasteiger partial charge in [-0.25, -0.2) is 0 Å². The number of esters is 1. The summed E-state index contributed by atoms with van der Waals surface area (Å²) in [6.45, 7) is 2.17. The number of rotatable bonds is 10. The molecule has 1 aliphatic carbocycles. The Morgan fingerprint density at radius 3 is 2.26 bits per heavy atom. The molecule has 208 valence electrons. The van der Waals surface area contributed by atoms with Crippen LogP contribution >= 0.6 is 0 Å². The molecule has 1 unspecified atom stereocenters. The predicted octanol–water partition coefficient (Wildman–Crippen LogP) is 4.49. The fourth-order valence-electron chi connectivity index (χ4n) is 5.44. The lowest BCUT2D eigenvalue weighted by Gasteiger charge is -2.37. The number of benzene rings is 2. The van der Waals surface area contributed by atoms with Crippen molar-refractivity contribution < 1.29 is 38.0 Å². The van der Waals surface area contributed by atoms with Crippen LogP contribution in [0.5, 0.6) is 23.0 Å². The first-order chi connectivity index (χ1) is 18.9. The van der Waals surface area contributed by atoms with Crippen LogP contribution in [0.3, 0.4) is 0 Å². The Balaban J connectivity index is 1.81. The van der Waals surface area contributed by atoms with Gasteiger partial charge in [0.15, 0.2) is 17.3 Å². The highest BCUT2D eigenvalue weighted by Crippen LogP contribution is 2.49. The number of methoxy groups -OCH3 is 5. The van der Waals surface area contributed by atoms with Crippen molar-refractivity contribution in [3.05, 3.63) is 58.8 Å². The van der Waals surface area contributed by atoms with Crippen molar-refractivity contribution in [2.24, 2.45) is 10.9 Å². The van der Waals surface area contributed by atoms with E-state index in [9.17, 15) is 9.59 Å². The van der Waals surface area contributed by atoms with Gasteiger partial charge in [-0.2, -0.15) is 0 Å². The van der Waals surface area contributed by atoms with Gasteiger partial charge in [0.1, 0.15) is 24.0 Å². The van der Waals surface area contributed by atoms with Gasteiger partial charge in [-0.15, -0.1) is 0 Å². The van der Waals surface area contributed by atoms with Crippen LogP contribution in [-0.4, -0.2) is 66.2 Å². The van der Waals surface area contributed by atoms with Crippen molar-refractivity contribution in [2.45, 2.75) is 31.6 Å². The van der Waals surface area contributed by atoms with Crippen molar-refractivity contribution in [3.8, 4) is 23.0 Å². The summed E-state index contributed by atoms with van der Waals surface area (Å²) in [5.41, 5.74) is 3.38. The van der Waals surface area contributed by atoms with E-state index in [4.69, 9.17) is 33.4 Å². The molecule has 4 rings (SSSR count). The fourth-order valence-corrected chi connectivity index (χ4v) is 5.44. The van der Waals surface area contributed by atoms with Gasteiger partial charge in [0.2, 0.25) is 0 Å². The molecule has 0 N–H and O–H groups in total. The Hall–Kier alpha value is -3.85. The molecule has 9 heteroatoms. The molecule has 0 saturated heterocycles. The molecule has 9 nitrogen and oxygen atoms in total. The monoisotopic (exact) mass is 537 g/mol. The fraction of sp³-hybridized carbons (Fsp3) is 0.433. The lowest BCUT2D eigenvalue weighted by Crippen LogP contribution is -2.38. The van der Waals surface area contributed by atoms with E-state index in [2.05, 4.69) is 0 Å². The normalized spacial score (nSPS) is 20.6. The van der Waals surface area contributed by atoms with Crippen LogP contribution in [0.25, 0.3) is 0 Å². The topological polar surface area (TPSA) is 102 Å². The van der Waals surface area contributed by atoms with E-state index < -0.39 is 17.8 Å². The number of allylic oxidation sites excluding steroid dienone is 2. The summed E-state index contributed by atoms with van der Waals surface area (Å²) < 4.78 is 32.6. The van der Waals surface area contributed by atoms with Crippen LogP contribution in [-0.2, 0) is 19.1 Å². The molecule has 3 atom stereocenters. The van der Waals surface area contributed by atoms with Crippen molar-refractivity contribution >= 4 is 17.5 Å². The standard InChI is InChI=1S/C30H35NO8/c1-17-27(30(33)39-12-11-34-2)28(21-16-20(35-3)8-10-24(21)36-4)29-22(31-17)13-19(14-23(29)32)18-7-9-25(37-5)26(15-18)38-6/h7-10,15-16,19,27-28H,11-14H2,1-6H3/t19-,27?,28-/m1/s1. The Labute approximate surface area is 228 Å². The highest BCUT2D eigenvalue weighted by Gasteiger charge is 2.46. The molecule has 0 aromatic heterocycles. The van der Waals surface area contributed by atoms with Gasteiger partial charge >= 0.3 is 5.97 Å². The number of ketones is 1. The summed E-state index contributed by atoms with van der Waals surface area (Å²) in [6.07, 6.45) is 0.791. The molecule has 0 bridgehead atoms. The van der Waals surface area contributed by atoms with Crippen LogP contribution in [0.4, 0.5) is 0 Å². The third-order valence-electron chi connectivity index (χ3n) is 7.33. The summed E-state index contributed by atoms with van der Waals surface area (Å²) in [4.78, 5) is 32.2. The minimum atomic E-state index is -0.803. The van der Waals surface area contributed by atoms with Gasteiger partial charge in [-0.1, -0.05) is 6.07 Å². The number of aliphatic imine (C=N–C) groups is 1. The van der Waals surface area contributed by atoms with Crippen LogP contribution in [0, 0.1) is 5.92 Å². The maximum absolute atomic E-state index is 13.9. The molecule has 0 amide bonds. The van der Waals surface area contributed by atoms with Crippen molar-refractivity contribution in [2.75, 3.05) is 48.8 Å². The second-order valence-corrected chi connectivity index (χ2v) is 9.48. The lowest BCUT2D eigenvalue weighted by molar-refractivity contribution is -0.147. The van der Waals surface area contributed by atoms with Crippen LogP contribution in [0.2, 0.25) is 0 Å². The maximum Gasteiger partial charge on any atom is 0.315 e. The number of Topliss-reactive ketones (excluding diaryl/α,β-unsaturated/α-hetero) is 1. The van der Waals surface area contributed by atoms with Crippen LogP contribution < -0.4 is 18.9 Å². The highest BCUT2D eigenvalue weighted by molar-refractivity contribution is 6.09. The third kappa shape index (κ3) is 5.63. The van der Waals surface area contributed by atoms with E-state index in [1.807, 2.05) is 24.3 Å². The second-order valence-electron chi connectivity index (χ2n) is 9.48. The largest absolute Gasteiger partial charge is 0.497 e. The molecule has 2 aromatic carbocycles. The summed E-state index contributed by atoms with van der Waals surface area (Å²) in [7, 11) is 7.84. The van der Waals surface area contributed by atoms with Gasteiger partial charge in [0.05, 0.1) is 35.0 Å². The average Bonchev–Trinajstić information content (AvgIpc) is 2.95. The average molecular weight is 538 g/mol. The minimum absolute atomic E-state index is 0.0724. The first-order valence-corrected chi connectivity index (χ1v) is 12.8. The Kier molecular flexibility index (Phi) is 8.91. The van der Waals surface area contributed by atoms with E-state index in [0.717, 1.165) is 5.56 Å². The summed E-state index contributed by atoms with van der Waals surface area (Å²) in [5, 5.41) is 0. The molecular weight excluding hydrogens is 502 g/mol. The molecule has 2 aromatic rings. The molecule has 0 radical (unpaired) electrons. The molecular formula is C30H35NO8. The minimum Gasteiger partial charge on any atom is -0.497 e. The zero-order chi connectivity index (χ0) is 28.1. The molecule has 0 fully saturated rings. The summed E-state index contributed by atoms with van der Waals surface area (Å²) >= 11 is 0. The van der Waals surface area contributed by atoms with Gasteiger partial charge in [0.25, 0.3) is 0 Å². The Morgan fingerprint density at radius 2 is 1.59 bits per heavy atom. The van der Waals surface area contributed by atoms with Crippen molar-refractivity contribution in [3.63, 3.8) is 0 Å². The maximum atomic E-state index is 13.9. The van der Waals surface area contributed by atoms with Gasteiger partial charge in [0, 0.05) is 42.0 Å². The van der Waals surface area contributed by atoms with Crippen LogP contribution in [0.1, 0.15) is 42.7 Å². The smallest absolute Gasteiger partial charge is 0.315 e. The number of hydrogen-bond donors (Lipinski definition) is 0. The quantitative estimate of drug-likeness (QED) is 0.323. The number of nitrogens with zero attached hydrogens (tertiary/aromatic N) is 1. The lowest BCUT2D eigenvalue weighted by atomic mass is 9.69. The molecule has 39 heavy (non-hydrogen) atoms. The van der Waals surface area contributed by atoms with Gasteiger partial charge in [-0.05, 0) is 55.2 Å². The van der Waals surface area contributed by atoms with Crippen LogP contribution in [0.15, 0.2) is 52.7 Å². The zero-order valence-electron chi connectivity index (χ0n) is 23.2. The molecule has 1 heterocycles. The molecule has 1 aliphatic heterocycles. The zero-order valence-corrected chi connectivity index (χ0v) is 23.2. The van der Waals surface area contributed by atoms with E-state index in [0.29, 0.717) is 52.0 Å². The molecule has 0 spiro atoms. The SMILES string of the molecule is COCCOC(=O)C1C(C)=NC2=C(C(=O)C[C@H](c3ccc(OC)c(OC)c3)C2)[C@@H]1c1cc(OC)ccc1OC. The first-order valence-electron chi connectivity index (χ1n) is 12.8. The number of ether oxygens (including phenoxy) is 6. The summed E-state index contributed by atoms with van der Waals surface area (Å²) in [6, 6.07) is 11.1. The van der Waals surface area contributed by atoms with E-state index in [-0.39, 0.29) is 31.3 Å². The third-order valence-corrected chi connectivity index (χ3v) is 7.33. The highest BCUT2D eigenvalue weighted by atomic mass is 16.6. The number of carbonyl (C=O) groups excluding carboxylic acids is 2. The van der Waals surface area contributed by atoms with Crippen molar-refractivity contribution in [1.29, 1.82) is 0 Å². The van der Waals surface area contributed by atoms with Gasteiger partial charge < -0.3 is 28.4 Å². The van der Waals surface area contributed by atoms with E-state index in [1.165, 1.54) is 7.11 Å². The van der Waals surface area contributed by atoms with E-state index in [1.54, 1.807) is 47.5 Å². The molecule has 2 aliphatic rings. The number of carbonyl (C=O) groups is 2. The second kappa shape index (κ2) is 12.3. The predicted molar refractivity (Wildman–Crippen MR) is 145 cm³/mol.